The number of amides is 4. The highest BCUT2D eigenvalue weighted by Gasteiger charge is 2.64. The number of urea groups is 1. The number of carbonyl (C=O) groups is 3. The molecule has 1 unspecified atom stereocenters. The molecule has 4 amide bonds. The maximum absolute atomic E-state index is 15.7. The Hall–Kier alpha value is -3.21. The van der Waals surface area contributed by atoms with Gasteiger partial charge in [0.2, 0.25) is 11.8 Å². The highest BCUT2D eigenvalue weighted by molar-refractivity contribution is 6.20. The molecule has 1 spiro atoms. The number of rotatable bonds is 3. The van der Waals surface area contributed by atoms with E-state index in [1.54, 1.807) is 26.0 Å². The minimum atomic E-state index is -1.74. The molecule has 174 valence electrons. The fraction of sp³-hybridized carbons (Fsp3) is 0.545. The van der Waals surface area contributed by atoms with Gasteiger partial charge in [-0.3, -0.25) is 20.2 Å². The van der Waals surface area contributed by atoms with Crippen LogP contribution in [-0.4, -0.2) is 54.1 Å². The smallest absolute Gasteiger partial charge is 0.328 e. The molecule has 11 heteroatoms. The number of barbiturate groups is 1. The van der Waals surface area contributed by atoms with Crippen LogP contribution in [0.2, 0.25) is 0 Å². The summed E-state index contributed by atoms with van der Waals surface area (Å²) >= 11 is 0. The summed E-state index contributed by atoms with van der Waals surface area (Å²) in [6.07, 6.45) is -0.741. The largest absolute Gasteiger partial charge is 0.368 e. The molecule has 2 saturated heterocycles. The molecule has 4 heterocycles. The van der Waals surface area contributed by atoms with Gasteiger partial charge in [-0.05, 0) is 50.7 Å². The molecule has 3 aliphatic heterocycles. The number of nitrogens with zero attached hydrogens (tertiary/aromatic N) is 2. The van der Waals surface area contributed by atoms with Crippen LogP contribution in [0.5, 0.6) is 0 Å². The van der Waals surface area contributed by atoms with Gasteiger partial charge in [0.1, 0.15) is 6.10 Å². The van der Waals surface area contributed by atoms with Gasteiger partial charge in [0.15, 0.2) is 23.1 Å². The molecule has 6 rings (SSSR count). The Morgan fingerprint density at radius 1 is 1.18 bits per heavy atom. The molecule has 1 aliphatic carbocycles. The van der Waals surface area contributed by atoms with E-state index in [0.29, 0.717) is 34.0 Å². The van der Waals surface area contributed by atoms with Crippen molar-refractivity contribution in [2.75, 3.05) is 16.8 Å². The van der Waals surface area contributed by atoms with Crippen molar-refractivity contribution >= 4 is 40.3 Å². The first-order valence-electron chi connectivity index (χ1n) is 11.2. The summed E-state index contributed by atoms with van der Waals surface area (Å²) in [5.41, 5.74) is -0.138. The number of fused-ring (bicyclic) bond motifs is 5. The van der Waals surface area contributed by atoms with Crippen LogP contribution in [0.1, 0.15) is 32.3 Å². The van der Waals surface area contributed by atoms with E-state index in [1.807, 2.05) is 0 Å². The van der Waals surface area contributed by atoms with Crippen molar-refractivity contribution in [2.45, 2.75) is 57.7 Å². The molecule has 2 aromatic rings. The Balaban J connectivity index is 1.52. The first-order valence-corrected chi connectivity index (χ1v) is 11.2. The Kier molecular flexibility index (Phi) is 4.26. The fourth-order valence-electron chi connectivity index (χ4n) is 5.49. The Morgan fingerprint density at radius 3 is 2.61 bits per heavy atom. The third-order valence-electron chi connectivity index (χ3n) is 7.27. The van der Waals surface area contributed by atoms with Gasteiger partial charge in [0.25, 0.3) is 0 Å². The van der Waals surface area contributed by atoms with Crippen LogP contribution in [0.15, 0.2) is 16.7 Å². The quantitative estimate of drug-likeness (QED) is 0.471. The minimum Gasteiger partial charge on any atom is -0.368 e. The number of hydrogen-bond donors (Lipinski definition) is 3. The van der Waals surface area contributed by atoms with Crippen molar-refractivity contribution < 1.29 is 28.0 Å². The third kappa shape index (κ3) is 2.87. The molecular formula is C22H24FN5O5. The fourth-order valence-corrected chi connectivity index (χ4v) is 5.49. The van der Waals surface area contributed by atoms with Crippen LogP contribution >= 0.6 is 0 Å². The average molecular weight is 457 g/mol. The van der Waals surface area contributed by atoms with Crippen LogP contribution in [0, 0.1) is 11.3 Å². The zero-order valence-corrected chi connectivity index (χ0v) is 18.2. The summed E-state index contributed by atoms with van der Waals surface area (Å²) in [4.78, 5) is 39.7. The molecule has 1 aromatic heterocycles. The van der Waals surface area contributed by atoms with Gasteiger partial charge in [-0.2, -0.15) is 0 Å². The normalized spacial score (nSPS) is 30.6. The molecule has 4 atom stereocenters. The van der Waals surface area contributed by atoms with Gasteiger partial charge in [0, 0.05) is 18.3 Å². The molecule has 10 nitrogen and oxygen atoms in total. The molecule has 1 saturated carbocycles. The van der Waals surface area contributed by atoms with Crippen molar-refractivity contribution in [1.29, 1.82) is 0 Å². The van der Waals surface area contributed by atoms with Crippen LogP contribution < -0.4 is 20.9 Å². The van der Waals surface area contributed by atoms with Gasteiger partial charge < -0.3 is 19.5 Å². The van der Waals surface area contributed by atoms with Crippen molar-refractivity contribution in [3.63, 3.8) is 0 Å². The molecular weight excluding hydrogens is 433 g/mol. The second kappa shape index (κ2) is 6.89. The predicted molar refractivity (Wildman–Crippen MR) is 114 cm³/mol. The molecule has 3 fully saturated rings. The van der Waals surface area contributed by atoms with E-state index in [2.05, 4.69) is 21.1 Å². The lowest BCUT2D eigenvalue weighted by Crippen LogP contribution is -2.76. The summed E-state index contributed by atoms with van der Waals surface area (Å²) in [5, 5.41) is 12.5. The molecule has 1 aromatic carbocycles. The number of carbonyl (C=O) groups excluding carboxylic acids is 3. The lowest BCUT2D eigenvalue weighted by atomic mass is 9.66. The van der Waals surface area contributed by atoms with Gasteiger partial charge in [0.05, 0.1) is 17.5 Å². The number of hydrogen-bond acceptors (Lipinski definition) is 8. The summed E-state index contributed by atoms with van der Waals surface area (Å²) < 4.78 is 27.0. The van der Waals surface area contributed by atoms with Crippen molar-refractivity contribution in [3.05, 3.63) is 17.7 Å². The van der Waals surface area contributed by atoms with E-state index in [0.717, 1.165) is 6.54 Å². The van der Waals surface area contributed by atoms with Crippen molar-refractivity contribution in [2.24, 2.45) is 11.3 Å². The first kappa shape index (κ1) is 20.4. The van der Waals surface area contributed by atoms with Crippen molar-refractivity contribution in [1.82, 2.24) is 15.8 Å². The number of anilines is 2. The minimum absolute atomic E-state index is 0.0214. The Morgan fingerprint density at radius 2 is 1.91 bits per heavy atom. The van der Waals surface area contributed by atoms with Gasteiger partial charge in [-0.1, -0.05) is 5.16 Å². The lowest BCUT2D eigenvalue weighted by molar-refractivity contribution is -0.159. The van der Waals surface area contributed by atoms with Crippen LogP contribution in [0.4, 0.5) is 20.7 Å². The number of alkyl halides is 1. The van der Waals surface area contributed by atoms with Crippen LogP contribution in [-0.2, 0) is 20.7 Å². The number of morpholine rings is 1. The van der Waals surface area contributed by atoms with Crippen molar-refractivity contribution in [3.8, 4) is 0 Å². The Bertz CT molecular complexity index is 1170. The predicted octanol–water partition coefficient (Wildman–Crippen LogP) is 1.84. The standard InChI is InChI=1S/C22H24FN5O5/c1-9-16-22(19(29)25-21(31)26-20(22)30)7-12-5-13-15(33-27-18(13)24-8-11-3-4-11)6-14(12)28(16)17(23)10(2)32-9/h5-6,9-11,16-17H,3-4,7-8H2,1-2H3,(H,24,27)(H2,25,26,29,30,31)/t9-,10+,16+,17?/m0/s1. The van der Waals surface area contributed by atoms with Crippen LogP contribution in [0.3, 0.4) is 0 Å². The monoisotopic (exact) mass is 457 g/mol. The van der Waals surface area contributed by atoms with E-state index in [1.165, 1.54) is 17.7 Å². The number of imide groups is 2. The Labute approximate surface area is 188 Å². The SMILES string of the molecule is C[C@@H]1O[C@H](C)C(F)N2c3cc4onc(NCC5CC5)c4cc3CC3(C(=O)NC(=O)NC3=O)[C@@H]12. The molecule has 3 N–H and O–H groups in total. The zero-order valence-electron chi connectivity index (χ0n) is 18.2. The highest BCUT2D eigenvalue weighted by Crippen LogP contribution is 2.49. The average Bonchev–Trinajstić information content (AvgIpc) is 3.52. The maximum atomic E-state index is 15.7. The van der Waals surface area contributed by atoms with Gasteiger partial charge in [-0.15, -0.1) is 0 Å². The molecule has 4 aliphatic rings. The molecule has 0 bridgehead atoms. The molecule has 0 radical (unpaired) electrons. The van der Waals surface area contributed by atoms with Gasteiger partial charge >= 0.3 is 6.03 Å². The number of halogens is 1. The zero-order chi connectivity index (χ0) is 23.1. The summed E-state index contributed by atoms with van der Waals surface area (Å²) in [6, 6.07) is 1.66. The number of aromatic nitrogens is 1. The highest BCUT2D eigenvalue weighted by atomic mass is 19.1. The van der Waals surface area contributed by atoms with E-state index in [-0.39, 0.29) is 6.42 Å². The van der Waals surface area contributed by atoms with E-state index < -0.39 is 47.8 Å². The maximum Gasteiger partial charge on any atom is 0.328 e. The van der Waals surface area contributed by atoms with E-state index in [4.69, 9.17) is 9.26 Å². The summed E-state index contributed by atoms with van der Waals surface area (Å²) in [6.45, 7) is 4.09. The number of nitrogens with one attached hydrogen (secondary N) is 3. The van der Waals surface area contributed by atoms with Gasteiger partial charge in [-0.25, -0.2) is 9.18 Å². The first-order chi connectivity index (χ1) is 15.8. The third-order valence-corrected chi connectivity index (χ3v) is 7.27. The van der Waals surface area contributed by atoms with Crippen LogP contribution in [0.25, 0.3) is 11.0 Å². The summed E-state index contributed by atoms with van der Waals surface area (Å²) in [5.74, 6) is -0.323. The number of benzene rings is 1. The molecule has 33 heavy (non-hydrogen) atoms. The summed E-state index contributed by atoms with van der Waals surface area (Å²) in [7, 11) is 0. The number of ether oxygens (including phenoxy) is 1. The second-order valence-corrected chi connectivity index (χ2v) is 9.49. The lowest BCUT2D eigenvalue weighted by Gasteiger charge is -2.56. The second-order valence-electron chi connectivity index (χ2n) is 9.49. The topological polar surface area (TPSA) is 126 Å². The van der Waals surface area contributed by atoms with E-state index >= 15 is 4.39 Å². The van der Waals surface area contributed by atoms with E-state index in [9.17, 15) is 14.4 Å².